The average Bonchev–Trinajstić information content (AvgIpc) is 3.10. The fourth-order valence-electron chi connectivity index (χ4n) is 4.25. The summed E-state index contributed by atoms with van der Waals surface area (Å²) in [5.74, 6) is 1.44. The molecule has 0 spiro atoms. The maximum Gasteiger partial charge on any atom is 0.226 e. The summed E-state index contributed by atoms with van der Waals surface area (Å²) in [6.07, 6.45) is 3.07. The number of hydrogen-bond donors (Lipinski definition) is 1. The Morgan fingerprint density at radius 3 is 2.62 bits per heavy atom. The van der Waals surface area contributed by atoms with Crippen LogP contribution >= 0.6 is 0 Å². The molecule has 1 unspecified atom stereocenters. The van der Waals surface area contributed by atoms with Crippen LogP contribution in [0.25, 0.3) is 11.4 Å². The Morgan fingerprint density at radius 2 is 1.90 bits per heavy atom. The van der Waals surface area contributed by atoms with Gasteiger partial charge in [-0.2, -0.15) is 4.98 Å². The second kappa shape index (κ2) is 6.37. The van der Waals surface area contributed by atoms with E-state index in [1.807, 2.05) is 47.1 Å². The number of nitrogens with zero attached hydrogens (tertiary/aromatic N) is 4. The molecule has 146 valence electrons. The van der Waals surface area contributed by atoms with E-state index in [2.05, 4.69) is 31.1 Å². The van der Waals surface area contributed by atoms with Crippen molar-refractivity contribution >= 4 is 11.7 Å². The van der Waals surface area contributed by atoms with Gasteiger partial charge in [-0.05, 0) is 30.9 Å². The van der Waals surface area contributed by atoms with Gasteiger partial charge in [0.2, 0.25) is 5.95 Å². The van der Waals surface area contributed by atoms with Gasteiger partial charge < -0.3 is 5.32 Å². The molecule has 3 heterocycles. The Kier molecular flexibility index (Phi) is 3.91. The second-order valence-corrected chi connectivity index (χ2v) is 8.68. The number of pyridine rings is 1. The third-order valence-electron chi connectivity index (χ3n) is 5.61. The molecular formula is C23H23N5O. The zero-order valence-corrected chi connectivity index (χ0v) is 16.8. The Labute approximate surface area is 169 Å². The maximum atomic E-state index is 13.2. The number of allylic oxidation sites excluding steroid dienone is 2. The van der Waals surface area contributed by atoms with Crippen LogP contribution in [-0.2, 0) is 4.79 Å². The molecular weight excluding hydrogens is 362 g/mol. The average molecular weight is 385 g/mol. The van der Waals surface area contributed by atoms with Crippen molar-refractivity contribution in [3.05, 3.63) is 71.2 Å². The fourth-order valence-corrected chi connectivity index (χ4v) is 4.25. The Balaban J connectivity index is 1.67. The number of aryl methyl sites for hydroxylation is 1. The molecule has 1 N–H and O–H groups in total. The van der Waals surface area contributed by atoms with Crippen LogP contribution in [0.5, 0.6) is 0 Å². The van der Waals surface area contributed by atoms with E-state index in [9.17, 15) is 4.79 Å². The minimum atomic E-state index is -0.363. The number of carbonyl (C=O) groups is 1. The summed E-state index contributed by atoms with van der Waals surface area (Å²) < 4.78 is 1.81. The van der Waals surface area contributed by atoms with Gasteiger partial charge in [-0.3, -0.25) is 9.78 Å². The highest BCUT2D eigenvalue weighted by atomic mass is 16.1. The van der Waals surface area contributed by atoms with E-state index in [1.165, 1.54) is 5.56 Å². The molecule has 1 aliphatic carbocycles. The number of nitrogens with one attached hydrogen (secondary N) is 1. The van der Waals surface area contributed by atoms with Crippen molar-refractivity contribution in [2.45, 2.75) is 39.7 Å². The summed E-state index contributed by atoms with van der Waals surface area (Å²) in [4.78, 5) is 22.5. The van der Waals surface area contributed by atoms with Crippen LogP contribution in [0.4, 0.5) is 5.95 Å². The van der Waals surface area contributed by atoms with Gasteiger partial charge in [0.05, 0.1) is 5.69 Å². The van der Waals surface area contributed by atoms with Gasteiger partial charge in [0, 0.05) is 29.5 Å². The van der Waals surface area contributed by atoms with Gasteiger partial charge in [-0.1, -0.05) is 49.7 Å². The third-order valence-corrected chi connectivity index (χ3v) is 5.61. The molecule has 0 fully saturated rings. The number of hydrogen-bond acceptors (Lipinski definition) is 5. The summed E-state index contributed by atoms with van der Waals surface area (Å²) in [5, 5.41) is 8.19. The highest BCUT2D eigenvalue weighted by Crippen LogP contribution is 2.45. The molecule has 0 bridgehead atoms. The molecule has 2 aliphatic rings. The quantitative estimate of drug-likeness (QED) is 0.712. The van der Waals surface area contributed by atoms with Gasteiger partial charge in [0.25, 0.3) is 0 Å². The molecule has 0 saturated heterocycles. The van der Waals surface area contributed by atoms with Crippen molar-refractivity contribution < 1.29 is 4.79 Å². The fraction of sp³-hybridized carbons (Fsp3) is 0.304. The topological polar surface area (TPSA) is 72.7 Å². The smallest absolute Gasteiger partial charge is 0.226 e. The molecule has 29 heavy (non-hydrogen) atoms. The minimum Gasteiger partial charge on any atom is -0.328 e. The van der Waals surface area contributed by atoms with Crippen molar-refractivity contribution in [3.63, 3.8) is 0 Å². The number of Topliss-reactive ketones (excluding diaryl/α,β-unsaturated/α-hetero) is 1. The van der Waals surface area contributed by atoms with Crippen LogP contribution in [-0.4, -0.2) is 25.5 Å². The first-order valence-corrected chi connectivity index (χ1v) is 9.89. The van der Waals surface area contributed by atoms with Crippen molar-refractivity contribution in [1.82, 2.24) is 19.7 Å². The van der Waals surface area contributed by atoms with Crippen LogP contribution in [0.1, 0.15) is 44.0 Å². The molecule has 1 atom stereocenters. The number of benzene rings is 1. The highest BCUT2D eigenvalue weighted by molar-refractivity contribution is 6.00. The third kappa shape index (κ3) is 3.05. The number of fused-ring (bicyclic) bond motifs is 1. The van der Waals surface area contributed by atoms with Crippen molar-refractivity contribution in [1.29, 1.82) is 0 Å². The van der Waals surface area contributed by atoms with Crippen LogP contribution in [0, 0.1) is 12.3 Å². The number of carbonyl (C=O) groups excluding carboxylic acids is 1. The second-order valence-electron chi connectivity index (χ2n) is 8.68. The van der Waals surface area contributed by atoms with Crippen molar-refractivity contribution in [2.24, 2.45) is 5.41 Å². The first kappa shape index (κ1) is 17.8. The minimum absolute atomic E-state index is 0.0838. The molecule has 3 aromatic rings. The summed E-state index contributed by atoms with van der Waals surface area (Å²) in [7, 11) is 0. The number of ketones is 1. The Hall–Kier alpha value is -3.28. The highest BCUT2D eigenvalue weighted by Gasteiger charge is 2.42. The largest absolute Gasteiger partial charge is 0.328 e. The first-order valence-electron chi connectivity index (χ1n) is 9.89. The lowest BCUT2D eigenvalue weighted by atomic mass is 9.73. The predicted octanol–water partition coefficient (Wildman–Crippen LogP) is 4.31. The van der Waals surface area contributed by atoms with Crippen LogP contribution < -0.4 is 5.32 Å². The first-order chi connectivity index (χ1) is 13.9. The molecule has 5 rings (SSSR count). The molecule has 0 saturated carbocycles. The van der Waals surface area contributed by atoms with E-state index in [4.69, 9.17) is 10.1 Å². The molecule has 1 aliphatic heterocycles. The normalized spacial score (nSPS) is 20.1. The zero-order valence-electron chi connectivity index (χ0n) is 16.8. The van der Waals surface area contributed by atoms with E-state index in [1.54, 1.807) is 6.20 Å². The van der Waals surface area contributed by atoms with Gasteiger partial charge in [0.1, 0.15) is 6.04 Å². The molecule has 6 nitrogen and oxygen atoms in total. The van der Waals surface area contributed by atoms with Gasteiger partial charge in [0.15, 0.2) is 11.6 Å². The van der Waals surface area contributed by atoms with Crippen molar-refractivity contribution in [2.75, 3.05) is 5.32 Å². The summed E-state index contributed by atoms with van der Waals surface area (Å²) >= 11 is 0. The standard InChI is InChI=1S/C23H23N5O/c1-14-7-9-15(10-8-14)21-26-22-25-17-12-23(2,3)13-18(29)19(17)20(28(22)27-21)16-6-4-5-11-24-16/h4-11,20H,12-13H2,1-3H3,(H,25,26,27). The molecule has 0 amide bonds. The van der Waals surface area contributed by atoms with Gasteiger partial charge in [-0.25, -0.2) is 4.68 Å². The monoisotopic (exact) mass is 385 g/mol. The van der Waals surface area contributed by atoms with E-state index in [0.717, 1.165) is 28.9 Å². The SMILES string of the molecule is Cc1ccc(-c2nc3n(n2)C(c2ccccn2)C2=C(CC(C)(C)CC2=O)N3)cc1. The zero-order chi connectivity index (χ0) is 20.2. The number of aromatic nitrogens is 4. The molecule has 2 aromatic heterocycles. The van der Waals surface area contributed by atoms with Crippen molar-refractivity contribution in [3.8, 4) is 11.4 Å². The summed E-state index contributed by atoms with van der Waals surface area (Å²) in [5.41, 5.74) is 4.56. The molecule has 6 heteroatoms. The van der Waals surface area contributed by atoms with Gasteiger partial charge in [-0.15, -0.1) is 5.10 Å². The summed E-state index contributed by atoms with van der Waals surface area (Å²) in [6.45, 7) is 6.31. The maximum absolute atomic E-state index is 13.2. The number of rotatable bonds is 2. The van der Waals surface area contributed by atoms with E-state index < -0.39 is 0 Å². The molecule has 1 aromatic carbocycles. The lowest BCUT2D eigenvalue weighted by Gasteiger charge is -2.37. The van der Waals surface area contributed by atoms with Crippen LogP contribution in [0.15, 0.2) is 59.9 Å². The van der Waals surface area contributed by atoms with E-state index in [-0.39, 0.29) is 17.2 Å². The lowest BCUT2D eigenvalue weighted by molar-refractivity contribution is -0.118. The number of anilines is 1. The Bertz CT molecular complexity index is 1130. The summed E-state index contributed by atoms with van der Waals surface area (Å²) in [6, 6.07) is 13.6. The molecule has 0 radical (unpaired) electrons. The Morgan fingerprint density at radius 1 is 1.10 bits per heavy atom. The predicted molar refractivity (Wildman–Crippen MR) is 111 cm³/mol. The van der Waals surface area contributed by atoms with Crippen LogP contribution in [0.3, 0.4) is 0 Å². The van der Waals surface area contributed by atoms with E-state index in [0.29, 0.717) is 18.2 Å². The van der Waals surface area contributed by atoms with E-state index >= 15 is 0 Å². The van der Waals surface area contributed by atoms with Gasteiger partial charge >= 0.3 is 0 Å². The lowest BCUT2D eigenvalue weighted by Crippen LogP contribution is -2.36. The van der Waals surface area contributed by atoms with Crippen LogP contribution in [0.2, 0.25) is 0 Å².